The van der Waals surface area contributed by atoms with Crippen LogP contribution in [0, 0.1) is 0 Å². The second kappa shape index (κ2) is 6.12. The molecule has 1 aliphatic carbocycles. The van der Waals surface area contributed by atoms with Gasteiger partial charge in [-0.25, -0.2) is 0 Å². The van der Waals surface area contributed by atoms with Crippen molar-refractivity contribution in [2.45, 2.75) is 70.8 Å². The van der Waals surface area contributed by atoms with Crippen LogP contribution in [0.4, 0.5) is 0 Å². The Labute approximate surface area is 101 Å². The quantitative estimate of drug-likeness (QED) is 0.481. The van der Waals surface area contributed by atoms with Gasteiger partial charge < -0.3 is 4.74 Å². The zero-order valence-corrected chi connectivity index (χ0v) is 11.0. The van der Waals surface area contributed by atoms with Crippen molar-refractivity contribution in [2.24, 2.45) is 0 Å². The SMILES string of the molecule is C=C(C)C(=C)OC1(CC)CCCCCCC1. The summed E-state index contributed by atoms with van der Waals surface area (Å²) >= 11 is 0. The van der Waals surface area contributed by atoms with E-state index in [1.54, 1.807) is 0 Å². The van der Waals surface area contributed by atoms with Gasteiger partial charge in [0.25, 0.3) is 0 Å². The summed E-state index contributed by atoms with van der Waals surface area (Å²) in [5, 5.41) is 0. The van der Waals surface area contributed by atoms with Crippen molar-refractivity contribution in [2.75, 3.05) is 0 Å². The van der Waals surface area contributed by atoms with E-state index in [1.165, 1.54) is 44.9 Å². The van der Waals surface area contributed by atoms with Crippen LogP contribution >= 0.6 is 0 Å². The van der Waals surface area contributed by atoms with Crippen LogP contribution in [-0.4, -0.2) is 5.60 Å². The molecule has 92 valence electrons. The lowest BCUT2D eigenvalue weighted by Gasteiger charge is -2.36. The van der Waals surface area contributed by atoms with Crippen molar-refractivity contribution in [3.63, 3.8) is 0 Å². The molecule has 0 bridgehead atoms. The third-order valence-corrected chi connectivity index (χ3v) is 3.72. The first-order valence-corrected chi connectivity index (χ1v) is 6.63. The van der Waals surface area contributed by atoms with Crippen LogP contribution in [0.2, 0.25) is 0 Å². The van der Waals surface area contributed by atoms with Crippen molar-refractivity contribution in [1.82, 2.24) is 0 Å². The largest absolute Gasteiger partial charge is 0.488 e. The molecule has 0 aromatic rings. The molecule has 0 radical (unpaired) electrons. The van der Waals surface area contributed by atoms with E-state index in [1.807, 2.05) is 6.92 Å². The van der Waals surface area contributed by atoms with Gasteiger partial charge in [-0.3, -0.25) is 0 Å². The molecule has 0 atom stereocenters. The van der Waals surface area contributed by atoms with Gasteiger partial charge in [0.1, 0.15) is 11.4 Å². The molecule has 0 saturated heterocycles. The van der Waals surface area contributed by atoms with E-state index >= 15 is 0 Å². The van der Waals surface area contributed by atoms with Gasteiger partial charge in [0, 0.05) is 0 Å². The molecule has 0 spiro atoms. The van der Waals surface area contributed by atoms with E-state index < -0.39 is 0 Å². The van der Waals surface area contributed by atoms with Crippen LogP contribution in [0.5, 0.6) is 0 Å². The van der Waals surface area contributed by atoms with Crippen molar-refractivity contribution >= 4 is 0 Å². The molecule has 1 aliphatic rings. The van der Waals surface area contributed by atoms with Crippen LogP contribution in [0.3, 0.4) is 0 Å². The summed E-state index contributed by atoms with van der Waals surface area (Å²) in [6, 6.07) is 0. The van der Waals surface area contributed by atoms with Gasteiger partial charge in [-0.05, 0) is 44.6 Å². The van der Waals surface area contributed by atoms with Crippen LogP contribution < -0.4 is 0 Å². The fourth-order valence-electron chi connectivity index (χ4n) is 2.43. The molecule has 0 heterocycles. The smallest absolute Gasteiger partial charge is 0.115 e. The molecule has 0 unspecified atom stereocenters. The summed E-state index contributed by atoms with van der Waals surface area (Å²) in [6.45, 7) is 12.1. The number of ether oxygens (including phenoxy) is 1. The topological polar surface area (TPSA) is 9.23 Å². The first-order chi connectivity index (χ1) is 7.59. The number of hydrogen-bond acceptors (Lipinski definition) is 1. The molecule has 0 amide bonds. The molecular formula is C15H26O. The van der Waals surface area contributed by atoms with Gasteiger partial charge in [0.2, 0.25) is 0 Å². The van der Waals surface area contributed by atoms with Crippen LogP contribution in [0.1, 0.15) is 65.2 Å². The fraction of sp³-hybridized carbons (Fsp3) is 0.733. The molecule has 16 heavy (non-hydrogen) atoms. The van der Waals surface area contributed by atoms with Crippen LogP contribution in [-0.2, 0) is 4.74 Å². The summed E-state index contributed by atoms with van der Waals surface area (Å²) in [6.07, 6.45) is 10.1. The average molecular weight is 222 g/mol. The average Bonchev–Trinajstić information content (AvgIpc) is 2.22. The van der Waals surface area contributed by atoms with Gasteiger partial charge in [-0.2, -0.15) is 0 Å². The third-order valence-electron chi connectivity index (χ3n) is 3.72. The predicted molar refractivity (Wildman–Crippen MR) is 70.4 cm³/mol. The minimum Gasteiger partial charge on any atom is -0.488 e. The molecule has 0 aliphatic heterocycles. The second-order valence-corrected chi connectivity index (χ2v) is 5.11. The Morgan fingerprint density at radius 1 is 1.06 bits per heavy atom. The van der Waals surface area contributed by atoms with E-state index in [0.29, 0.717) is 0 Å². The van der Waals surface area contributed by atoms with Gasteiger partial charge >= 0.3 is 0 Å². The van der Waals surface area contributed by atoms with Gasteiger partial charge in [0.05, 0.1) is 0 Å². The number of allylic oxidation sites excluding steroid dienone is 1. The minimum atomic E-state index is 0.0381. The van der Waals surface area contributed by atoms with Crippen molar-refractivity contribution in [1.29, 1.82) is 0 Å². The van der Waals surface area contributed by atoms with Gasteiger partial charge in [-0.1, -0.05) is 39.3 Å². The Bertz CT molecular complexity index is 244. The van der Waals surface area contributed by atoms with E-state index in [0.717, 1.165) is 17.8 Å². The summed E-state index contributed by atoms with van der Waals surface area (Å²) in [4.78, 5) is 0. The molecule has 0 N–H and O–H groups in total. The van der Waals surface area contributed by atoms with Crippen LogP contribution in [0.15, 0.2) is 24.5 Å². The maximum Gasteiger partial charge on any atom is 0.115 e. The Morgan fingerprint density at radius 2 is 1.56 bits per heavy atom. The first-order valence-electron chi connectivity index (χ1n) is 6.63. The molecule has 1 rings (SSSR count). The molecule has 0 aromatic carbocycles. The van der Waals surface area contributed by atoms with E-state index in [2.05, 4.69) is 20.1 Å². The number of rotatable bonds is 4. The first kappa shape index (κ1) is 13.3. The van der Waals surface area contributed by atoms with E-state index in [9.17, 15) is 0 Å². The third kappa shape index (κ3) is 3.70. The highest BCUT2D eigenvalue weighted by molar-refractivity contribution is 5.17. The highest BCUT2D eigenvalue weighted by Gasteiger charge is 2.30. The highest BCUT2D eigenvalue weighted by Crippen LogP contribution is 2.35. The maximum absolute atomic E-state index is 6.13. The molecule has 1 nitrogen and oxygen atoms in total. The Hall–Kier alpha value is -0.720. The zero-order valence-electron chi connectivity index (χ0n) is 11.0. The number of hydrogen-bond donors (Lipinski definition) is 0. The van der Waals surface area contributed by atoms with E-state index in [-0.39, 0.29) is 5.60 Å². The lowest BCUT2D eigenvalue weighted by Crippen LogP contribution is -2.32. The fourth-order valence-corrected chi connectivity index (χ4v) is 2.43. The van der Waals surface area contributed by atoms with Gasteiger partial charge in [-0.15, -0.1) is 0 Å². The Balaban J connectivity index is 2.65. The monoisotopic (exact) mass is 222 g/mol. The normalized spacial score (nSPS) is 20.6. The Kier molecular flexibility index (Phi) is 5.11. The molecule has 1 heteroatoms. The predicted octanol–water partition coefficient (Wildman–Crippen LogP) is 4.99. The molecule has 1 saturated carbocycles. The highest BCUT2D eigenvalue weighted by atomic mass is 16.5. The molecular weight excluding hydrogens is 196 g/mol. The summed E-state index contributed by atoms with van der Waals surface area (Å²) in [7, 11) is 0. The molecule has 0 aromatic heterocycles. The summed E-state index contributed by atoms with van der Waals surface area (Å²) < 4.78 is 6.13. The Morgan fingerprint density at radius 3 is 2.00 bits per heavy atom. The second-order valence-electron chi connectivity index (χ2n) is 5.11. The summed E-state index contributed by atoms with van der Waals surface area (Å²) in [5.74, 6) is 0.780. The molecule has 1 fully saturated rings. The van der Waals surface area contributed by atoms with E-state index in [4.69, 9.17) is 4.74 Å². The minimum absolute atomic E-state index is 0.0381. The van der Waals surface area contributed by atoms with Crippen molar-refractivity contribution in [3.05, 3.63) is 24.5 Å². The standard InChI is InChI=1S/C15H26O/c1-5-15(16-14(4)13(2)3)11-9-7-6-8-10-12-15/h2,4-12H2,1,3H3. The van der Waals surface area contributed by atoms with Crippen molar-refractivity contribution < 1.29 is 4.74 Å². The maximum atomic E-state index is 6.13. The lowest BCUT2D eigenvalue weighted by atomic mass is 9.84. The van der Waals surface area contributed by atoms with Crippen LogP contribution in [0.25, 0.3) is 0 Å². The van der Waals surface area contributed by atoms with Crippen molar-refractivity contribution in [3.8, 4) is 0 Å². The lowest BCUT2D eigenvalue weighted by molar-refractivity contribution is -0.0188. The van der Waals surface area contributed by atoms with Gasteiger partial charge in [0.15, 0.2) is 0 Å². The zero-order chi connectivity index (χ0) is 12.0. The summed E-state index contributed by atoms with van der Waals surface area (Å²) in [5.41, 5.74) is 0.992.